The Morgan fingerprint density at radius 2 is 1.13 bits per heavy atom. The van der Waals surface area contributed by atoms with Gasteiger partial charge >= 0.3 is 0 Å². The fourth-order valence-electron chi connectivity index (χ4n) is 5.95. The van der Waals surface area contributed by atoms with Gasteiger partial charge < -0.3 is 0 Å². The average molecular weight is 525 g/mol. The second-order valence-corrected chi connectivity index (χ2v) is 11.0. The summed E-state index contributed by atoms with van der Waals surface area (Å²) in [4.78, 5) is 0. The minimum atomic E-state index is -0.867. The van der Waals surface area contributed by atoms with E-state index in [-0.39, 0.29) is 17.0 Å². The molecule has 0 spiro atoms. The second kappa shape index (κ2) is 13.4. The molecule has 0 amide bonds. The van der Waals surface area contributed by atoms with Gasteiger partial charge in [-0.2, -0.15) is 0 Å². The van der Waals surface area contributed by atoms with Crippen LogP contribution >= 0.6 is 0 Å². The predicted molar refractivity (Wildman–Crippen MR) is 149 cm³/mol. The van der Waals surface area contributed by atoms with E-state index in [0.29, 0.717) is 34.6 Å². The molecular weight excluding hydrogens is 484 g/mol. The number of unbranched alkanes of at least 4 members (excludes halogenated alkanes) is 4. The number of benzene rings is 3. The van der Waals surface area contributed by atoms with Gasteiger partial charge in [-0.3, -0.25) is 0 Å². The van der Waals surface area contributed by atoms with Crippen LogP contribution < -0.4 is 0 Å². The maximum absolute atomic E-state index is 15.2. The van der Waals surface area contributed by atoms with Gasteiger partial charge in [-0.25, -0.2) is 17.6 Å². The molecule has 4 heteroatoms. The number of hydrogen-bond donors (Lipinski definition) is 0. The van der Waals surface area contributed by atoms with E-state index in [1.807, 2.05) is 0 Å². The summed E-state index contributed by atoms with van der Waals surface area (Å²) in [6.45, 7) is 4.28. The molecule has 0 saturated heterocycles. The Bertz CT molecular complexity index is 1190. The van der Waals surface area contributed by atoms with Gasteiger partial charge in [-0.15, -0.1) is 0 Å². The average Bonchev–Trinajstić information content (AvgIpc) is 2.94. The Morgan fingerprint density at radius 1 is 0.579 bits per heavy atom. The van der Waals surface area contributed by atoms with Crippen LogP contribution in [0.25, 0.3) is 22.3 Å². The molecular formula is C34H40F4. The van der Waals surface area contributed by atoms with E-state index in [2.05, 4.69) is 13.8 Å². The van der Waals surface area contributed by atoms with Crippen LogP contribution in [0, 0.1) is 29.2 Å². The molecule has 0 radical (unpaired) electrons. The third-order valence-corrected chi connectivity index (χ3v) is 8.33. The molecule has 0 aromatic heterocycles. The minimum absolute atomic E-state index is 0.0613. The van der Waals surface area contributed by atoms with Crippen molar-refractivity contribution < 1.29 is 17.6 Å². The van der Waals surface area contributed by atoms with Crippen molar-refractivity contribution in [2.75, 3.05) is 0 Å². The van der Waals surface area contributed by atoms with Crippen LogP contribution in [0.3, 0.4) is 0 Å². The number of halogens is 4. The number of rotatable bonds is 11. The van der Waals surface area contributed by atoms with Crippen molar-refractivity contribution in [1.82, 2.24) is 0 Å². The van der Waals surface area contributed by atoms with Crippen LogP contribution in [0.15, 0.2) is 48.5 Å². The first-order valence-corrected chi connectivity index (χ1v) is 14.5. The lowest BCUT2D eigenvalue weighted by Gasteiger charge is -2.29. The largest absolute Gasteiger partial charge is 0.203 e. The molecule has 1 aliphatic rings. The second-order valence-electron chi connectivity index (χ2n) is 11.0. The summed E-state index contributed by atoms with van der Waals surface area (Å²) in [6.07, 6.45) is 12.3. The standard InChI is InChI=1S/C34H40F4/c1-3-5-7-9-23-11-13-24(14-12-23)29-21-22-30(34(38)33(29)37)26-17-15-25(16-18-26)28-20-19-27(10-8-6-4-2)31(35)32(28)36/h15-24H,3-14H2,1-2H3. The van der Waals surface area contributed by atoms with Crippen molar-refractivity contribution >= 4 is 0 Å². The fraction of sp³-hybridized carbons (Fsp3) is 0.471. The summed E-state index contributed by atoms with van der Waals surface area (Å²) >= 11 is 0. The monoisotopic (exact) mass is 524 g/mol. The van der Waals surface area contributed by atoms with Crippen LogP contribution in [-0.4, -0.2) is 0 Å². The Hall–Kier alpha value is -2.62. The van der Waals surface area contributed by atoms with E-state index in [1.165, 1.54) is 25.7 Å². The van der Waals surface area contributed by atoms with Gasteiger partial charge in [0.15, 0.2) is 23.3 Å². The van der Waals surface area contributed by atoms with Crippen molar-refractivity contribution in [3.63, 3.8) is 0 Å². The van der Waals surface area contributed by atoms with Crippen LogP contribution in [0.5, 0.6) is 0 Å². The maximum Gasteiger partial charge on any atom is 0.166 e. The molecule has 4 rings (SSSR count). The lowest BCUT2D eigenvalue weighted by atomic mass is 9.76. The van der Waals surface area contributed by atoms with Gasteiger partial charge in [-0.1, -0.05) is 101 Å². The molecule has 0 aliphatic heterocycles. The highest BCUT2D eigenvalue weighted by molar-refractivity contribution is 5.71. The van der Waals surface area contributed by atoms with Gasteiger partial charge in [0, 0.05) is 11.1 Å². The number of aryl methyl sites for hydroxylation is 1. The van der Waals surface area contributed by atoms with Crippen molar-refractivity contribution in [3.05, 3.63) is 82.9 Å². The summed E-state index contributed by atoms with van der Waals surface area (Å²) in [5.41, 5.74) is 2.22. The summed E-state index contributed by atoms with van der Waals surface area (Å²) in [5, 5.41) is 0. The van der Waals surface area contributed by atoms with Gasteiger partial charge in [0.2, 0.25) is 0 Å². The molecule has 0 heterocycles. The topological polar surface area (TPSA) is 0 Å². The van der Waals surface area contributed by atoms with Gasteiger partial charge in [0.05, 0.1) is 0 Å². The third kappa shape index (κ3) is 6.50. The molecule has 0 nitrogen and oxygen atoms in total. The first-order chi connectivity index (χ1) is 18.4. The zero-order chi connectivity index (χ0) is 27.1. The van der Waals surface area contributed by atoms with Crippen molar-refractivity contribution in [1.29, 1.82) is 0 Å². The molecule has 1 fully saturated rings. The molecule has 3 aromatic rings. The molecule has 1 aliphatic carbocycles. The molecule has 0 bridgehead atoms. The molecule has 38 heavy (non-hydrogen) atoms. The van der Waals surface area contributed by atoms with Crippen LogP contribution in [-0.2, 0) is 6.42 Å². The smallest absolute Gasteiger partial charge is 0.166 e. The lowest BCUT2D eigenvalue weighted by Crippen LogP contribution is -2.15. The van der Waals surface area contributed by atoms with E-state index < -0.39 is 23.3 Å². The SMILES string of the molecule is CCCCCc1ccc(-c2ccc(-c3ccc(C4CCC(CCCCC)CC4)c(F)c3F)cc2)c(F)c1F. The third-order valence-electron chi connectivity index (χ3n) is 8.33. The Kier molecular flexibility index (Phi) is 10.0. The minimum Gasteiger partial charge on any atom is -0.203 e. The van der Waals surface area contributed by atoms with E-state index in [1.54, 1.807) is 48.5 Å². The molecule has 1 saturated carbocycles. The van der Waals surface area contributed by atoms with Crippen molar-refractivity contribution in [3.8, 4) is 22.3 Å². The maximum atomic E-state index is 15.2. The van der Waals surface area contributed by atoms with Crippen LogP contribution in [0.4, 0.5) is 17.6 Å². The van der Waals surface area contributed by atoms with Crippen molar-refractivity contribution in [2.45, 2.75) is 96.8 Å². The molecule has 0 unspecified atom stereocenters. The first kappa shape index (κ1) is 28.4. The van der Waals surface area contributed by atoms with E-state index in [4.69, 9.17) is 0 Å². The highest BCUT2D eigenvalue weighted by Gasteiger charge is 2.26. The first-order valence-electron chi connectivity index (χ1n) is 14.5. The highest BCUT2D eigenvalue weighted by Crippen LogP contribution is 2.40. The van der Waals surface area contributed by atoms with Crippen LogP contribution in [0.2, 0.25) is 0 Å². The Balaban J connectivity index is 1.47. The van der Waals surface area contributed by atoms with Crippen molar-refractivity contribution in [2.24, 2.45) is 5.92 Å². The van der Waals surface area contributed by atoms with Gasteiger partial charge in [0.1, 0.15) is 0 Å². The Labute approximate surface area is 225 Å². The summed E-state index contributed by atoms with van der Waals surface area (Å²) in [7, 11) is 0. The molecule has 0 atom stereocenters. The molecule has 0 N–H and O–H groups in total. The highest BCUT2D eigenvalue weighted by atomic mass is 19.2. The predicted octanol–water partition coefficient (Wildman–Crippen LogP) is 11.2. The van der Waals surface area contributed by atoms with E-state index in [0.717, 1.165) is 44.9 Å². The normalized spacial score (nSPS) is 17.6. The molecule has 204 valence electrons. The lowest BCUT2D eigenvalue weighted by molar-refractivity contribution is 0.298. The number of hydrogen-bond acceptors (Lipinski definition) is 0. The zero-order valence-electron chi connectivity index (χ0n) is 22.8. The van der Waals surface area contributed by atoms with E-state index >= 15 is 8.78 Å². The summed E-state index contributed by atoms with van der Waals surface area (Å²) < 4.78 is 59.9. The Morgan fingerprint density at radius 3 is 1.74 bits per heavy atom. The van der Waals surface area contributed by atoms with Gasteiger partial charge in [-0.05, 0) is 72.6 Å². The zero-order valence-corrected chi connectivity index (χ0v) is 22.8. The summed E-state index contributed by atoms with van der Waals surface area (Å²) in [5.74, 6) is -2.50. The quantitative estimate of drug-likeness (QED) is 0.173. The molecule has 3 aromatic carbocycles. The van der Waals surface area contributed by atoms with Gasteiger partial charge in [0.25, 0.3) is 0 Å². The van der Waals surface area contributed by atoms with E-state index in [9.17, 15) is 8.78 Å². The fourth-order valence-corrected chi connectivity index (χ4v) is 5.95. The summed E-state index contributed by atoms with van der Waals surface area (Å²) in [6, 6.07) is 13.2. The van der Waals surface area contributed by atoms with Crippen LogP contribution in [0.1, 0.15) is 102 Å².